The average molecular weight is 408 g/mol. The van der Waals surface area contributed by atoms with Crippen molar-refractivity contribution in [1.29, 1.82) is 0 Å². The van der Waals surface area contributed by atoms with E-state index in [1.165, 1.54) is 64.2 Å². The number of hydrogen-bond donors (Lipinski definition) is 1. The summed E-state index contributed by atoms with van der Waals surface area (Å²) < 4.78 is 0. The Morgan fingerprint density at radius 3 is 1.54 bits per heavy atom. The Kier molecular flexibility index (Phi) is 21.9. The zero-order valence-corrected chi connectivity index (χ0v) is 19.1. The van der Waals surface area contributed by atoms with Crippen LogP contribution in [0.15, 0.2) is 0 Å². The predicted octanol–water partition coefficient (Wildman–Crippen LogP) is 1.85. The van der Waals surface area contributed by atoms with Crippen LogP contribution in [0.4, 0.5) is 0 Å². The fraction of sp³-hybridized carbons (Fsp3) is 0.857. The van der Waals surface area contributed by atoms with Crippen molar-refractivity contribution < 1.29 is 24.6 Å². The number of rotatable bonds is 19. The molecule has 0 spiro atoms. The Bertz CT molecular complexity index is 418. The topological polar surface area (TPSA) is 109 Å². The number of carboxylic acids is 2. The van der Waals surface area contributed by atoms with E-state index in [0.717, 1.165) is 12.8 Å². The van der Waals surface area contributed by atoms with Crippen molar-refractivity contribution in [3.8, 4) is 0 Å². The molecule has 1 N–H and O–H groups in total. The van der Waals surface area contributed by atoms with E-state index < -0.39 is 24.4 Å². The normalized spacial score (nSPS) is 11.5. The van der Waals surface area contributed by atoms with Crippen LogP contribution in [-0.2, 0) is 14.4 Å². The van der Waals surface area contributed by atoms with Crippen LogP contribution in [0.3, 0.4) is 0 Å². The van der Waals surface area contributed by atoms with Gasteiger partial charge >= 0.3 is 23.1 Å². The first-order valence-electron chi connectivity index (χ1n) is 10.7. The van der Waals surface area contributed by atoms with Crippen molar-refractivity contribution in [3.63, 3.8) is 0 Å². The number of hydrogen-bond acceptors (Lipinski definition) is 5. The van der Waals surface area contributed by atoms with Crippen molar-refractivity contribution in [2.24, 2.45) is 0 Å². The number of aliphatic carboxylic acids is 2. The van der Waals surface area contributed by atoms with Crippen molar-refractivity contribution in [2.75, 3.05) is 0 Å². The van der Waals surface area contributed by atoms with E-state index >= 15 is 0 Å². The molecule has 0 fully saturated rings. The third kappa shape index (κ3) is 19.9. The van der Waals surface area contributed by atoms with Crippen molar-refractivity contribution in [2.45, 2.75) is 116 Å². The van der Waals surface area contributed by atoms with Gasteiger partial charge < -0.3 is 25.1 Å². The van der Waals surface area contributed by atoms with Crippen LogP contribution in [-0.4, -0.2) is 46.9 Å². The standard InChI is InChI=1S/C21H39NO5.Mg/c1-2-3-4-5-6-7-8-9-10-11-12-13-14-15-19(23)22-18(21(26)27)16-17-20(24)25;/h18H,2-17H2,1H3,(H,22,23)(H,24,25)(H,26,27);/q;+2/p-2. The summed E-state index contributed by atoms with van der Waals surface area (Å²) in [4.78, 5) is 33.0. The quantitative estimate of drug-likeness (QED) is 0.259. The van der Waals surface area contributed by atoms with Crippen LogP contribution in [0.1, 0.15) is 110 Å². The first-order chi connectivity index (χ1) is 13.0. The molecule has 0 rings (SSSR count). The van der Waals surface area contributed by atoms with Gasteiger partial charge in [-0.3, -0.25) is 4.79 Å². The molecule has 158 valence electrons. The van der Waals surface area contributed by atoms with Gasteiger partial charge in [0.2, 0.25) is 5.91 Å². The molecule has 1 amide bonds. The van der Waals surface area contributed by atoms with Crippen LogP contribution in [0.25, 0.3) is 0 Å². The van der Waals surface area contributed by atoms with E-state index in [9.17, 15) is 24.6 Å². The van der Waals surface area contributed by atoms with Crippen molar-refractivity contribution in [1.82, 2.24) is 5.32 Å². The number of nitrogens with one attached hydrogen (secondary N) is 1. The summed E-state index contributed by atoms with van der Waals surface area (Å²) in [7, 11) is 0. The monoisotopic (exact) mass is 407 g/mol. The molecular weight excluding hydrogens is 371 g/mol. The van der Waals surface area contributed by atoms with Crippen LogP contribution in [0.2, 0.25) is 0 Å². The summed E-state index contributed by atoms with van der Waals surface area (Å²) in [6.07, 6.45) is 15.4. The molecule has 0 aliphatic carbocycles. The molecule has 0 aromatic rings. The van der Waals surface area contributed by atoms with E-state index in [2.05, 4.69) is 12.2 Å². The van der Waals surface area contributed by atoms with E-state index in [1.54, 1.807) is 0 Å². The predicted molar refractivity (Wildman–Crippen MR) is 107 cm³/mol. The molecule has 0 aromatic carbocycles. The first kappa shape index (κ1) is 29.4. The molecule has 28 heavy (non-hydrogen) atoms. The van der Waals surface area contributed by atoms with Crippen LogP contribution in [0.5, 0.6) is 0 Å². The third-order valence-corrected chi connectivity index (χ3v) is 4.76. The van der Waals surface area contributed by atoms with E-state index in [-0.39, 0.29) is 41.8 Å². The van der Waals surface area contributed by atoms with Crippen molar-refractivity contribution >= 4 is 40.9 Å². The van der Waals surface area contributed by atoms with Gasteiger partial charge in [-0.2, -0.15) is 0 Å². The van der Waals surface area contributed by atoms with Crippen molar-refractivity contribution in [3.05, 3.63) is 0 Å². The van der Waals surface area contributed by atoms with E-state index in [0.29, 0.717) is 6.42 Å². The van der Waals surface area contributed by atoms with Gasteiger partial charge in [-0.05, 0) is 19.3 Å². The molecule has 6 nitrogen and oxygen atoms in total. The second-order valence-electron chi connectivity index (χ2n) is 7.34. The molecule has 1 atom stereocenters. The Balaban J connectivity index is 0. The van der Waals surface area contributed by atoms with Gasteiger partial charge in [-0.1, -0.05) is 84.0 Å². The molecule has 0 radical (unpaired) electrons. The Hall–Kier alpha value is -0.824. The van der Waals surface area contributed by atoms with Crippen LogP contribution < -0.4 is 15.5 Å². The molecule has 0 aromatic heterocycles. The number of unbranched alkanes of at least 4 members (excludes halogenated alkanes) is 12. The minimum atomic E-state index is -1.46. The molecule has 1 unspecified atom stereocenters. The Morgan fingerprint density at radius 1 is 0.714 bits per heavy atom. The molecule has 0 aliphatic heterocycles. The smallest absolute Gasteiger partial charge is 0.550 e. The van der Waals surface area contributed by atoms with E-state index in [4.69, 9.17) is 0 Å². The second kappa shape index (κ2) is 20.9. The molecular formula is C21H37MgNO5. The summed E-state index contributed by atoms with van der Waals surface area (Å²) in [5.74, 6) is -3.17. The molecule has 0 heterocycles. The minimum Gasteiger partial charge on any atom is -0.550 e. The number of amides is 1. The summed E-state index contributed by atoms with van der Waals surface area (Å²) in [5, 5.41) is 23.6. The van der Waals surface area contributed by atoms with Crippen LogP contribution >= 0.6 is 0 Å². The van der Waals surface area contributed by atoms with Gasteiger partial charge in [-0.25, -0.2) is 0 Å². The first-order valence-corrected chi connectivity index (χ1v) is 10.7. The van der Waals surface area contributed by atoms with E-state index in [1.807, 2.05) is 0 Å². The Labute approximate surface area is 186 Å². The second-order valence-corrected chi connectivity index (χ2v) is 7.34. The maximum absolute atomic E-state index is 11.7. The summed E-state index contributed by atoms with van der Waals surface area (Å²) in [5.41, 5.74) is 0. The third-order valence-electron chi connectivity index (χ3n) is 4.76. The number of carbonyl (C=O) groups excluding carboxylic acids is 3. The zero-order chi connectivity index (χ0) is 20.3. The molecule has 7 heteroatoms. The molecule has 0 saturated heterocycles. The summed E-state index contributed by atoms with van der Waals surface area (Å²) in [6, 6.07) is -1.27. The summed E-state index contributed by atoms with van der Waals surface area (Å²) in [6.45, 7) is 2.23. The van der Waals surface area contributed by atoms with Gasteiger partial charge in [0, 0.05) is 12.4 Å². The average Bonchev–Trinajstić information content (AvgIpc) is 2.62. The molecule has 0 aliphatic rings. The van der Waals surface area contributed by atoms with Gasteiger partial charge in [0.25, 0.3) is 0 Å². The maximum atomic E-state index is 11.7. The van der Waals surface area contributed by atoms with Gasteiger partial charge in [0.15, 0.2) is 0 Å². The maximum Gasteiger partial charge on any atom is 2.00 e. The molecule has 0 bridgehead atoms. The van der Waals surface area contributed by atoms with Gasteiger partial charge in [0.1, 0.15) is 0 Å². The fourth-order valence-corrected chi connectivity index (χ4v) is 3.08. The summed E-state index contributed by atoms with van der Waals surface area (Å²) >= 11 is 0. The fourth-order valence-electron chi connectivity index (χ4n) is 3.08. The minimum absolute atomic E-state index is 0. The number of carbonyl (C=O) groups is 3. The number of carboxylic acid groups (broad SMARTS) is 2. The SMILES string of the molecule is CCCCCCCCCCCCCCCC(=O)NC(CCC(=O)[O-])C(=O)[O-].[Mg+2]. The van der Waals surface area contributed by atoms with Gasteiger partial charge in [0.05, 0.1) is 12.0 Å². The Morgan fingerprint density at radius 2 is 1.14 bits per heavy atom. The zero-order valence-electron chi connectivity index (χ0n) is 17.6. The van der Waals surface area contributed by atoms with Crippen LogP contribution in [0, 0.1) is 0 Å². The molecule has 0 saturated carbocycles. The van der Waals surface area contributed by atoms with Gasteiger partial charge in [-0.15, -0.1) is 0 Å². The largest absolute Gasteiger partial charge is 2.00 e.